The standard InChI is InChI=1S/C20H32N2O4/c1-23-20-17-18(3-2-6-21-7-12-24-13-8-21)4-5-19(20)26-16-11-22-9-14-25-15-10-22/h4-5,17H,2-3,6-16H2,1H3. The lowest BCUT2D eigenvalue weighted by atomic mass is 10.1. The highest BCUT2D eigenvalue weighted by molar-refractivity contribution is 5.43. The van der Waals surface area contributed by atoms with E-state index in [1.54, 1.807) is 7.11 Å². The van der Waals surface area contributed by atoms with E-state index in [4.69, 9.17) is 18.9 Å². The highest BCUT2D eigenvalue weighted by Crippen LogP contribution is 2.28. The number of nitrogens with zero attached hydrogens (tertiary/aromatic N) is 2. The number of morpholine rings is 2. The molecule has 6 nitrogen and oxygen atoms in total. The molecule has 0 spiro atoms. The van der Waals surface area contributed by atoms with Crippen LogP contribution in [0.5, 0.6) is 11.5 Å². The summed E-state index contributed by atoms with van der Waals surface area (Å²) in [4.78, 5) is 4.85. The molecule has 2 aliphatic heterocycles. The van der Waals surface area contributed by atoms with E-state index in [0.29, 0.717) is 6.61 Å². The Morgan fingerprint density at radius 3 is 2.19 bits per heavy atom. The van der Waals surface area contributed by atoms with Gasteiger partial charge in [0.15, 0.2) is 11.5 Å². The van der Waals surface area contributed by atoms with Crippen LogP contribution in [0, 0.1) is 0 Å². The Morgan fingerprint density at radius 2 is 1.54 bits per heavy atom. The molecule has 2 saturated heterocycles. The molecule has 146 valence electrons. The molecular weight excluding hydrogens is 332 g/mol. The van der Waals surface area contributed by atoms with Gasteiger partial charge >= 0.3 is 0 Å². The molecule has 2 heterocycles. The molecule has 6 heteroatoms. The van der Waals surface area contributed by atoms with Gasteiger partial charge in [0, 0.05) is 32.7 Å². The van der Waals surface area contributed by atoms with Gasteiger partial charge in [-0.1, -0.05) is 6.07 Å². The molecule has 0 bridgehead atoms. The maximum atomic E-state index is 5.96. The van der Waals surface area contributed by atoms with E-state index in [9.17, 15) is 0 Å². The molecule has 0 aromatic heterocycles. The molecule has 2 fully saturated rings. The van der Waals surface area contributed by atoms with Crippen molar-refractivity contribution in [2.75, 3.05) is 79.4 Å². The van der Waals surface area contributed by atoms with Crippen LogP contribution in [-0.2, 0) is 15.9 Å². The molecule has 0 N–H and O–H groups in total. The van der Waals surface area contributed by atoms with E-state index >= 15 is 0 Å². The summed E-state index contributed by atoms with van der Waals surface area (Å²) < 4.78 is 22.3. The highest BCUT2D eigenvalue weighted by Gasteiger charge is 2.12. The molecule has 0 atom stereocenters. The van der Waals surface area contributed by atoms with Crippen LogP contribution in [0.15, 0.2) is 18.2 Å². The number of hydrogen-bond acceptors (Lipinski definition) is 6. The van der Waals surface area contributed by atoms with Crippen molar-refractivity contribution < 1.29 is 18.9 Å². The van der Waals surface area contributed by atoms with Crippen molar-refractivity contribution in [3.05, 3.63) is 23.8 Å². The molecule has 0 saturated carbocycles. The third kappa shape index (κ3) is 6.13. The zero-order valence-electron chi connectivity index (χ0n) is 16.0. The first-order chi connectivity index (χ1) is 12.8. The van der Waals surface area contributed by atoms with Crippen molar-refractivity contribution in [1.82, 2.24) is 9.80 Å². The zero-order valence-corrected chi connectivity index (χ0v) is 16.0. The van der Waals surface area contributed by atoms with Gasteiger partial charge in [-0.15, -0.1) is 0 Å². The van der Waals surface area contributed by atoms with Crippen molar-refractivity contribution in [1.29, 1.82) is 0 Å². The first-order valence-corrected chi connectivity index (χ1v) is 9.75. The van der Waals surface area contributed by atoms with Gasteiger partial charge in [-0.05, 0) is 37.1 Å². The average molecular weight is 364 g/mol. The van der Waals surface area contributed by atoms with Crippen molar-refractivity contribution in [2.24, 2.45) is 0 Å². The second-order valence-corrected chi connectivity index (χ2v) is 6.85. The lowest BCUT2D eigenvalue weighted by Gasteiger charge is -2.26. The second kappa shape index (κ2) is 10.7. The highest BCUT2D eigenvalue weighted by atomic mass is 16.5. The molecule has 26 heavy (non-hydrogen) atoms. The Hall–Kier alpha value is -1.34. The summed E-state index contributed by atoms with van der Waals surface area (Å²) in [5.74, 6) is 1.66. The van der Waals surface area contributed by atoms with Crippen LogP contribution in [0.1, 0.15) is 12.0 Å². The van der Waals surface area contributed by atoms with Gasteiger partial charge in [0.05, 0.1) is 33.5 Å². The molecule has 0 radical (unpaired) electrons. The van der Waals surface area contributed by atoms with Crippen LogP contribution in [0.4, 0.5) is 0 Å². The Morgan fingerprint density at radius 1 is 0.885 bits per heavy atom. The largest absolute Gasteiger partial charge is 0.493 e. The average Bonchev–Trinajstić information content (AvgIpc) is 2.70. The summed E-state index contributed by atoms with van der Waals surface area (Å²) in [7, 11) is 1.71. The van der Waals surface area contributed by atoms with Gasteiger partial charge in [-0.25, -0.2) is 0 Å². The normalized spacial score (nSPS) is 19.4. The predicted octanol–water partition coefficient (Wildman–Crippen LogP) is 1.67. The van der Waals surface area contributed by atoms with E-state index in [0.717, 1.165) is 90.0 Å². The molecule has 1 aromatic carbocycles. The lowest BCUT2D eigenvalue weighted by molar-refractivity contribution is 0.0321. The molecule has 2 aliphatic rings. The molecule has 0 aliphatic carbocycles. The Kier molecular flexibility index (Phi) is 8.01. The van der Waals surface area contributed by atoms with Crippen molar-refractivity contribution in [2.45, 2.75) is 12.8 Å². The van der Waals surface area contributed by atoms with E-state index in [1.165, 1.54) is 5.56 Å². The number of benzene rings is 1. The minimum absolute atomic E-state index is 0.673. The maximum absolute atomic E-state index is 5.96. The van der Waals surface area contributed by atoms with Gasteiger partial charge in [0.25, 0.3) is 0 Å². The van der Waals surface area contributed by atoms with Crippen LogP contribution < -0.4 is 9.47 Å². The first kappa shape index (κ1) is 19.4. The number of aryl methyl sites for hydroxylation is 1. The molecular formula is C20H32N2O4. The summed E-state index contributed by atoms with van der Waals surface area (Å²) in [6.07, 6.45) is 2.21. The summed E-state index contributed by atoms with van der Waals surface area (Å²) in [5, 5.41) is 0. The molecule has 0 unspecified atom stereocenters. The van der Waals surface area contributed by atoms with Gasteiger partial charge in [0.1, 0.15) is 6.61 Å². The third-order valence-electron chi connectivity index (χ3n) is 5.04. The van der Waals surface area contributed by atoms with E-state index in [1.807, 2.05) is 6.07 Å². The van der Waals surface area contributed by atoms with Crippen LogP contribution in [0.25, 0.3) is 0 Å². The van der Waals surface area contributed by atoms with Crippen molar-refractivity contribution >= 4 is 0 Å². The fraction of sp³-hybridized carbons (Fsp3) is 0.700. The SMILES string of the molecule is COc1cc(CCCN2CCOCC2)ccc1OCCN1CCOCC1. The minimum atomic E-state index is 0.673. The molecule has 3 rings (SSSR count). The van der Waals surface area contributed by atoms with Gasteiger partial charge < -0.3 is 18.9 Å². The number of ether oxygens (including phenoxy) is 4. The Bertz CT molecular complexity index is 529. The van der Waals surface area contributed by atoms with Crippen molar-refractivity contribution in [3.8, 4) is 11.5 Å². The number of hydrogen-bond donors (Lipinski definition) is 0. The summed E-state index contributed by atoms with van der Waals surface area (Å²) in [6, 6.07) is 6.32. The third-order valence-corrected chi connectivity index (χ3v) is 5.04. The molecule has 1 aromatic rings. The minimum Gasteiger partial charge on any atom is -0.493 e. The monoisotopic (exact) mass is 364 g/mol. The van der Waals surface area contributed by atoms with Crippen LogP contribution in [-0.4, -0.2) is 89.2 Å². The van der Waals surface area contributed by atoms with E-state index in [2.05, 4.69) is 21.9 Å². The Balaban J connectivity index is 1.42. The fourth-order valence-electron chi connectivity index (χ4n) is 3.43. The predicted molar refractivity (Wildman–Crippen MR) is 101 cm³/mol. The van der Waals surface area contributed by atoms with Crippen LogP contribution in [0.3, 0.4) is 0 Å². The van der Waals surface area contributed by atoms with Gasteiger partial charge in [-0.2, -0.15) is 0 Å². The molecule has 0 amide bonds. The number of rotatable bonds is 9. The first-order valence-electron chi connectivity index (χ1n) is 9.75. The van der Waals surface area contributed by atoms with Gasteiger partial charge in [0.2, 0.25) is 0 Å². The fourth-order valence-corrected chi connectivity index (χ4v) is 3.43. The smallest absolute Gasteiger partial charge is 0.161 e. The number of methoxy groups -OCH3 is 1. The Labute approximate surface area is 157 Å². The van der Waals surface area contributed by atoms with Crippen LogP contribution in [0.2, 0.25) is 0 Å². The maximum Gasteiger partial charge on any atom is 0.161 e. The van der Waals surface area contributed by atoms with E-state index in [-0.39, 0.29) is 0 Å². The van der Waals surface area contributed by atoms with E-state index < -0.39 is 0 Å². The van der Waals surface area contributed by atoms with Gasteiger partial charge in [-0.3, -0.25) is 9.80 Å². The lowest BCUT2D eigenvalue weighted by Crippen LogP contribution is -2.38. The summed E-state index contributed by atoms with van der Waals surface area (Å²) in [6.45, 7) is 10.2. The zero-order chi connectivity index (χ0) is 18.0. The topological polar surface area (TPSA) is 43.4 Å². The quantitative estimate of drug-likeness (QED) is 0.664. The van der Waals surface area contributed by atoms with Crippen LogP contribution >= 0.6 is 0 Å². The summed E-state index contributed by atoms with van der Waals surface area (Å²) >= 11 is 0. The van der Waals surface area contributed by atoms with Crippen molar-refractivity contribution in [3.63, 3.8) is 0 Å². The second-order valence-electron chi connectivity index (χ2n) is 6.85. The summed E-state index contributed by atoms with van der Waals surface area (Å²) in [5.41, 5.74) is 1.30.